The predicted octanol–water partition coefficient (Wildman–Crippen LogP) is 4.73. The van der Waals surface area contributed by atoms with E-state index >= 15 is 0 Å². The molecule has 0 heterocycles. The van der Waals surface area contributed by atoms with Crippen molar-refractivity contribution in [3.8, 4) is 0 Å². The summed E-state index contributed by atoms with van der Waals surface area (Å²) in [7, 11) is 0. The summed E-state index contributed by atoms with van der Waals surface area (Å²) in [6, 6.07) is 24.2. The number of hydrogen-bond donors (Lipinski definition) is 2. The first-order valence-electron chi connectivity index (χ1n) is 10.2. The molecule has 0 saturated carbocycles. The van der Waals surface area contributed by atoms with Gasteiger partial charge in [-0.3, -0.25) is 14.5 Å². The summed E-state index contributed by atoms with van der Waals surface area (Å²) >= 11 is 5.89. The zero-order valence-electron chi connectivity index (χ0n) is 17.5. The summed E-state index contributed by atoms with van der Waals surface area (Å²) in [6.07, 6.45) is 0. The number of nitrogens with one attached hydrogen (secondary N) is 2. The summed E-state index contributed by atoms with van der Waals surface area (Å²) in [6.45, 7) is 4.17. The van der Waals surface area contributed by atoms with Crippen molar-refractivity contribution < 1.29 is 9.59 Å². The van der Waals surface area contributed by atoms with E-state index in [1.165, 1.54) is 0 Å². The number of benzene rings is 3. The Morgan fingerprint density at radius 2 is 1.52 bits per heavy atom. The van der Waals surface area contributed by atoms with E-state index in [0.717, 1.165) is 23.4 Å². The fourth-order valence-electron chi connectivity index (χ4n) is 3.09. The lowest BCUT2D eigenvalue weighted by molar-refractivity contribution is -0.122. The monoisotopic (exact) mass is 435 g/mol. The van der Waals surface area contributed by atoms with Gasteiger partial charge in [0.05, 0.1) is 6.54 Å². The molecular weight excluding hydrogens is 410 g/mol. The number of rotatable bonds is 9. The fraction of sp³-hybridized carbons (Fsp3) is 0.200. The van der Waals surface area contributed by atoms with Gasteiger partial charge in [0, 0.05) is 29.4 Å². The Morgan fingerprint density at radius 1 is 0.871 bits per heavy atom. The van der Waals surface area contributed by atoms with E-state index in [1.54, 1.807) is 0 Å². The molecule has 0 spiro atoms. The molecule has 3 aromatic carbocycles. The van der Waals surface area contributed by atoms with Crippen molar-refractivity contribution in [2.45, 2.75) is 20.0 Å². The number of amides is 2. The van der Waals surface area contributed by atoms with Crippen LogP contribution in [0.5, 0.6) is 0 Å². The van der Waals surface area contributed by atoms with E-state index in [4.69, 9.17) is 11.6 Å². The number of carbonyl (C=O) groups is 2. The molecule has 160 valence electrons. The van der Waals surface area contributed by atoms with Gasteiger partial charge in [-0.15, -0.1) is 0 Å². The molecule has 0 fully saturated rings. The van der Waals surface area contributed by atoms with Crippen LogP contribution < -0.4 is 10.6 Å². The molecule has 3 aromatic rings. The Bertz CT molecular complexity index is 990. The Kier molecular flexibility index (Phi) is 8.21. The van der Waals surface area contributed by atoms with Gasteiger partial charge in [0.2, 0.25) is 5.91 Å². The van der Waals surface area contributed by atoms with Crippen LogP contribution in [0, 0.1) is 0 Å². The standard InChI is InChI=1S/C25H26ClN3O2/c1-2-29(18-24(30)27-16-19-10-14-22(26)15-11-19)17-20-8-12-21(13-9-20)25(31)28-23-6-4-3-5-7-23/h3-15H,2,16-18H2,1H3,(H,27,30)(H,28,31). The van der Waals surface area contributed by atoms with Crippen LogP contribution in [0.1, 0.15) is 28.4 Å². The summed E-state index contributed by atoms with van der Waals surface area (Å²) in [4.78, 5) is 26.8. The SMILES string of the molecule is CCN(CC(=O)NCc1ccc(Cl)cc1)Cc1ccc(C(=O)Nc2ccccc2)cc1. The predicted molar refractivity (Wildman–Crippen MR) is 125 cm³/mol. The summed E-state index contributed by atoms with van der Waals surface area (Å²) in [5.74, 6) is -0.178. The number of anilines is 1. The molecule has 5 nitrogen and oxygen atoms in total. The summed E-state index contributed by atoms with van der Waals surface area (Å²) in [5.41, 5.74) is 3.41. The van der Waals surface area contributed by atoms with E-state index in [1.807, 2.05) is 85.8 Å². The summed E-state index contributed by atoms with van der Waals surface area (Å²) < 4.78 is 0. The molecular formula is C25H26ClN3O2. The third-order valence-electron chi connectivity index (χ3n) is 4.87. The number of carbonyl (C=O) groups excluding carboxylic acids is 2. The second-order valence-electron chi connectivity index (χ2n) is 7.22. The molecule has 31 heavy (non-hydrogen) atoms. The Balaban J connectivity index is 1.49. The third-order valence-corrected chi connectivity index (χ3v) is 5.12. The van der Waals surface area contributed by atoms with Crippen LogP contribution in [0.3, 0.4) is 0 Å². The van der Waals surface area contributed by atoms with Crippen molar-refractivity contribution in [1.82, 2.24) is 10.2 Å². The molecule has 6 heteroatoms. The molecule has 0 unspecified atom stereocenters. The number of para-hydroxylation sites is 1. The quantitative estimate of drug-likeness (QED) is 0.510. The highest BCUT2D eigenvalue weighted by atomic mass is 35.5. The molecule has 0 bridgehead atoms. The zero-order chi connectivity index (χ0) is 22.1. The fourth-order valence-corrected chi connectivity index (χ4v) is 3.21. The van der Waals surface area contributed by atoms with Gasteiger partial charge in [0.25, 0.3) is 5.91 Å². The van der Waals surface area contributed by atoms with Crippen LogP contribution in [0.2, 0.25) is 5.02 Å². The first kappa shape index (κ1) is 22.5. The first-order valence-corrected chi connectivity index (χ1v) is 10.6. The highest BCUT2D eigenvalue weighted by Gasteiger charge is 2.11. The lowest BCUT2D eigenvalue weighted by atomic mass is 10.1. The molecule has 0 atom stereocenters. The second-order valence-corrected chi connectivity index (χ2v) is 7.66. The van der Waals surface area contributed by atoms with Crippen LogP contribution in [0.4, 0.5) is 5.69 Å². The van der Waals surface area contributed by atoms with Gasteiger partial charge in [-0.25, -0.2) is 0 Å². The van der Waals surface area contributed by atoms with Crippen LogP contribution in [0.25, 0.3) is 0 Å². The van der Waals surface area contributed by atoms with E-state index in [0.29, 0.717) is 30.2 Å². The highest BCUT2D eigenvalue weighted by Crippen LogP contribution is 2.12. The van der Waals surface area contributed by atoms with E-state index in [-0.39, 0.29) is 11.8 Å². The minimum absolute atomic E-state index is 0.0318. The molecule has 0 aliphatic rings. The molecule has 0 aliphatic carbocycles. The van der Waals surface area contributed by atoms with Crippen molar-refractivity contribution in [3.63, 3.8) is 0 Å². The van der Waals surface area contributed by atoms with Gasteiger partial charge in [-0.05, 0) is 54.1 Å². The lowest BCUT2D eigenvalue weighted by Gasteiger charge is -2.20. The normalized spacial score (nSPS) is 10.7. The minimum Gasteiger partial charge on any atom is -0.351 e. The topological polar surface area (TPSA) is 61.4 Å². The smallest absolute Gasteiger partial charge is 0.255 e. The largest absolute Gasteiger partial charge is 0.351 e. The number of likely N-dealkylation sites (N-methyl/N-ethyl adjacent to an activating group) is 1. The molecule has 0 aromatic heterocycles. The van der Waals surface area contributed by atoms with Crippen molar-refractivity contribution in [2.75, 3.05) is 18.4 Å². The first-order chi connectivity index (χ1) is 15.0. The maximum atomic E-state index is 12.4. The Labute approximate surface area is 188 Å². The van der Waals surface area contributed by atoms with Crippen molar-refractivity contribution in [3.05, 3.63) is 101 Å². The zero-order valence-corrected chi connectivity index (χ0v) is 18.2. The molecule has 2 N–H and O–H groups in total. The Morgan fingerprint density at radius 3 is 2.16 bits per heavy atom. The lowest BCUT2D eigenvalue weighted by Crippen LogP contribution is -2.36. The van der Waals surface area contributed by atoms with Gasteiger partial charge in [-0.1, -0.05) is 61.0 Å². The minimum atomic E-state index is -0.147. The maximum Gasteiger partial charge on any atom is 0.255 e. The molecule has 3 rings (SSSR count). The highest BCUT2D eigenvalue weighted by molar-refractivity contribution is 6.30. The number of nitrogens with zero attached hydrogens (tertiary/aromatic N) is 1. The summed E-state index contributed by atoms with van der Waals surface area (Å²) in [5, 5.41) is 6.49. The molecule has 0 saturated heterocycles. The average molecular weight is 436 g/mol. The van der Waals surface area contributed by atoms with Crippen LogP contribution >= 0.6 is 11.6 Å². The third kappa shape index (κ3) is 7.24. The van der Waals surface area contributed by atoms with Crippen LogP contribution in [-0.4, -0.2) is 29.8 Å². The van der Waals surface area contributed by atoms with Crippen LogP contribution in [-0.2, 0) is 17.9 Å². The van der Waals surface area contributed by atoms with Crippen molar-refractivity contribution >= 4 is 29.1 Å². The van der Waals surface area contributed by atoms with Gasteiger partial charge >= 0.3 is 0 Å². The van der Waals surface area contributed by atoms with Gasteiger partial charge in [-0.2, -0.15) is 0 Å². The van der Waals surface area contributed by atoms with Crippen molar-refractivity contribution in [1.29, 1.82) is 0 Å². The van der Waals surface area contributed by atoms with Crippen LogP contribution in [0.15, 0.2) is 78.9 Å². The van der Waals surface area contributed by atoms with Crippen molar-refractivity contribution in [2.24, 2.45) is 0 Å². The average Bonchev–Trinajstić information content (AvgIpc) is 2.79. The van der Waals surface area contributed by atoms with E-state index in [2.05, 4.69) is 15.5 Å². The van der Waals surface area contributed by atoms with Gasteiger partial charge in [0.1, 0.15) is 0 Å². The Hall–Kier alpha value is -3.15. The number of halogens is 1. The maximum absolute atomic E-state index is 12.4. The van der Waals surface area contributed by atoms with E-state index < -0.39 is 0 Å². The number of hydrogen-bond acceptors (Lipinski definition) is 3. The second kappa shape index (κ2) is 11.3. The van der Waals surface area contributed by atoms with Gasteiger partial charge < -0.3 is 10.6 Å². The molecule has 0 aliphatic heterocycles. The van der Waals surface area contributed by atoms with Gasteiger partial charge in [0.15, 0.2) is 0 Å². The van der Waals surface area contributed by atoms with E-state index in [9.17, 15) is 9.59 Å². The molecule has 0 radical (unpaired) electrons. The molecule has 2 amide bonds.